The van der Waals surface area contributed by atoms with Crippen molar-refractivity contribution in [2.45, 2.75) is 17.7 Å². The Hall–Kier alpha value is -1.60. The van der Waals surface area contributed by atoms with Gasteiger partial charge < -0.3 is 5.32 Å². The molecule has 0 radical (unpaired) electrons. The van der Waals surface area contributed by atoms with Crippen molar-refractivity contribution in [2.75, 3.05) is 18.4 Å². The van der Waals surface area contributed by atoms with Crippen LogP contribution >= 0.6 is 23.2 Å². The summed E-state index contributed by atoms with van der Waals surface area (Å²) >= 11 is 12.1. The first-order chi connectivity index (χ1) is 11.9. The summed E-state index contributed by atoms with van der Waals surface area (Å²) in [5.74, 6) is -0.419. The third kappa shape index (κ3) is 3.82. The molecule has 1 fully saturated rings. The lowest BCUT2D eigenvalue weighted by atomic mass is 10.2. The maximum atomic E-state index is 12.7. The van der Waals surface area contributed by atoms with Crippen molar-refractivity contribution in [2.24, 2.45) is 0 Å². The number of hydrogen-bond donors (Lipinski definition) is 1. The van der Waals surface area contributed by atoms with E-state index in [1.165, 1.54) is 16.4 Å². The van der Waals surface area contributed by atoms with E-state index in [4.69, 9.17) is 23.2 Å². The molecule has 0 atom stereocenters. The van der Waals surface area contributed by atoms with Crippen LogP contribution < -0.4 is 5.32 Å². The zero-order chi connectivity index (χ0) is 18.0. The molecular formula is C17H16Cl2N2O3S. The zero-order valence-corrected chi connectivity index (χ0v) is 15.5. The van der Waals surface area contributed by atoms with Gasteiger partial charge in [0.25, 0.3) is 5.91 Å². The van der Waals surface area contributed by atoms with Crippen LogP contribution in [0.2, 0.25) is 10.0 Å². The number of halogens is 2. The van der Waals surface area contributed by atoms with Crippen molar-refractivity contribution >= 4 is 44.8 Å². The average Bonchev–Trinajstić information content (AvgIpc) is 3.12. The molecule has 1 amide bonds. The standard InChI is InChI=1S/C17H16Cl2N2O3S/c18-14-6-2-1-5-13(14)17(22)20-12-7-8-15(19)16(11-12)25(23,24)21-9-3-4-10-21/h1-2,5-8,11H,3-4,9-10H2,(H,20,22). The van der Waals surface area contributed by atoms with Crippen molar-refractivity contribution in [3.63, 3.8) is 0 Å². The van der Waals surface area contributed by atoms with Gasteiger partial charge in [0, 0.05) is 18.8 Å². The molecule has 1 saturated heterocycles. The number of benzene rings is 2. The fourth-order valence-corrected chi connectivity index (χ4v) is 4.93. The molecule has 132 valence electrons. The maximum absolute atomic E-state index is 12.7. The molecule has 1 aliphatic rings. The van der Waals surface area contributed by atoms with Gasteiger partial charge in [0.05, 0.1) is 15.6 Å². The minimum absolute atomic E-state index is 0.00646. The molecule has 8 heteroatoms. The Morgan fingerprint density at radius 3 is 2.36 bits per heavy atom. The van der Waals surface area contributed by atoms with Crippen molar-refractivity contribution in [1.82, 2.24) is 4.31 Å². The lowest BCUT2D eigenvalue weighted by Crippen LogP contribution is -2.28. The molecule has 25 heavy (non-hydrogen) atoms. The lowest BCUT2D eigenvalue weighted by Gasteiger charge is -2.17. The van der Waals surface area contributed by atoms with E-state index in [1.54, 1.807) is 30.3 Å². The van der Waals surface area contributed by atoms with E-state index in [0.717, 1.165) is 12.8 Å². The van der Waals surface area contributed by atoms with E-state index in [2.05, 4.69) is 5.32 Å². The fraction of sp³-hybridized carbons (Fsp3) is 0.235. The second-order valence-electron chi connectivity index (χ2n) is 5.69. The summed E-state index contributed by atoms with van der Waals surface area (Å²) in [6.07, 6.45) is 1.67. The van der Waals surface area contributed by atoms with Crippen LogP contribution in [-0.4, -0.2) is 31.7 Å². The van der Waals surface area contributed by atoms with E-state index in [9.17, 15) is 13.2 Å². The van der Waals surface area contributed by atoms with Crippen LogP contribution in [0.3, 0.4) is 0 Å². The number of anilines is 1. The van der Waals surface area contributed by atoms with Crippen LogP contribution in [0, 0.1) is 0 Å². The minimum Gasteiger partial charge on any atom is -0.322 e. The molecular weight excluding hydrogens is 383 g/mol. The second kappa shape index (κ2) is 7.33. The van der Waals surface area contributed by atoms with Crippen molar-refractivity contribution < 1.29 is 13.2 Å². The van der Waals surface area contributed by atoms with Crippen LogP contribution in [0.25, 0.3) is 0 Å². The topological polar surface area (TPSA) is 66.5 Å². The van der Waals surface area contributed by atoms with Gasteiger partial charge in [-0.1, -0.05) is 35.3 Å². The van der Waals surface area contributed by atoms with Gasteiger partial charge in [-0.25, -0.2) is 8.42 Å². The van der Waals surface area contributed by atoms with Gasteiger partial charge in [-0.05, 0) is 43.2 Å². The van der Waals surface area contributed by atoms with Crippen molar-refractivity contribution in [3.05, 3.63) is 58.1 Å². The maximum Gasteiger partial charge on any atom is 0.257 e. The van der Waals surface area contributed by atoms with Crippen molar-refractivity contribution in [3.8, 4) is 0 Å². The number of carbonyl (C=O) groups excluding carboxylic acids is 1. The third-order valence-electron chi connectivity index (χ3n) is 3.99. The number of hydrogen-bond acceptors (Lipinski definition) is 3. The summed E-state index contributed by atoms with van der Waals surface area (Å²) in [5, 5.41) is 3.11. The highest BCUT2D eigenvalue weighted by atomic mass is 35.5. The first kappa shape index (κ1) is 18.2. The number of amides is 1. The predicted octanol–water partition coefficient (Wildman–Crippen LogP) is 4.03. The van der Waals surface area contributed by atoms with Crippen LogP contribution in [0.1, 0.15) is 23.2 Å². The van der Waals surface area contributed by atoms with Crippen LogP contribution in [-0.2, 0) is 10.0 Å². The third-order valence-corrected chi connectivity index (χ3v) is 6.70. The Kier molecular flexibility index (Phi) is 5.34. The molecule has 5 nitrogen and oxygen atoms in total. The molecule has 3 rings (SSSR count). The number of nitrogens with one attached hydrogen (secondary N) is 1. The summed E-state index contributed by atoms with van der Waals surface area (Å²) in [4.78, 5) is 12.3. The van der Waals surface area contributed by atoms with Crippen LogP contribution in [0.4, 0.5) is 5.69 Å². The molecule has 0 spiro atoms. The highest BCUT2D eigenvalue weighted by molar-refractivity contribution is 7.89. The Bertz CT molecular complexity index is 910. The molecule has 0 aromatic heterocycles. The Balaban J connectivity index is 1.89. The summed E-state index contributed by atoms with van der Waals surface area (Å²) in [6, 6.07) is 11.0. The molecule has 0 aliphatic carbocycles. The second-order valence-corrected chi connectivity index (χ2v) is 8.41. The SMILES string of the molecule is O=C(Nc1ccc(Cl)c(S(=O)(=O)N2CCCC2)c1)c1ccccc1Cl. The summed E-state index contributed by atoms with van der Waals surface area (Å²) < 4.78 is 26.9. The molecule has 2 aromatic carbocycles. The average molecular weight is 399 g/mol. The fourth-order valence-electron chi connectivity index (χ4n) is 2.69. The number of nitrogens with zero attached hydrogens (tertiary/aromatic N) is 1. The number of rotatable bonds is 4. The molecule has 1 aliphatic heterocycles. The predicted molar refractivity (Wildman–Crippen MR) is 98.9 cm³/mol. The molecule has 1 heterocycles. The molecule has 0 bridgehead atoms. The van der Waals surface area contributed by atoms with Crippen LogP contribution in [0.15, 0.2) is 47.4 Å². The van der Waals surface area contributed by atoms with Gasteiger partial charge in [-0.15, -0.1) is 0 Å². The molecule has 0 unspecified atom stereocenters. The van der Waals surface area contributed by atoms with Gasteiger partial charge >= 0.3 is 0 Å². The van der Waals surface area contributed by atoms with E-state index in [0.29, 0.717) is 29.4 Å². The Morgan fingerprint density at radius 2 is 1.68 bits per heavy atom. The summed E-state index contributed by atoms with van der Waals surface area (Å²) in [7, 11) is -3.68. The largest absolute Gasteiger partial charge is 0.322 e. The zero-order valence-electron chi connectivity index (χ0n) is 13.2. The first-order valence-corrected chi connectivity index (χ1v) is 9.95. The first-order valence-electron chi connectivity index (χ1n) is 7.75. The van der Waals surface area contributed by atoms with E-state index in [-0.39, 0.29) is 9.92 Å². The minimum atomic E-state index is -3.68. The summed E-state index contributed by atoms with van der Waals surface area (Å²) in [5.41, 5.74) is 0.648. The Labute approximate surface area is 156 Å². The van der Waals surface area contributed by atoms with E-state index < -0.39 is 15.9 Å². The monoisotopic (exact) mass is 398 g/mol. The number of sulfonamides is 1. The smallest absolute Gasteiger partial charge is 0.257 e. The van der Waals surface area contributed by atoms with Crippen molar-refractivity contribution in [1.29, 1.82) is 0 Å². The highest BCUT2D eigenvalue weighted by Gasteiger charge is 2.29. The quantitative estimate of drug-likeness (QED) is 0.844. The van der Waals surface area contributed by atoms with Crippen LogP contribution in [0.5, 0.6) is 0 Å². The summed E-state index contributed by atoms with van der Waals surface area (Å²) in [6.45, 7) is 0.962. The van der Waals surface area contributed by atoms with E-state index >= 15 is 0 Å². The van der Waals surface area contributed by atoms with Gasteiger partial charge in [-0.2, -0.15) is 4.31 Å². The lowest BCUT2D eigenvalue weighted by molar-refractivity contribution is 0.102. The molecule has 0 saturated carbocycles. The van der Waals surface area contributed by atoms with Gasteiger partial charge in [0.2, 0.25) is 10.0 Å². The molecule has 1 N–H and O–H groups in total. The van der Waals surface area contributed by atoms with E-state index in [1.807, 2.05) is 0 Å². The van der Waals surface area contributed by atoms with Gasteiger partial charge in [0.15, 0.2) is 0 Å². The van der Waals surface area contributed by atoms with Gasteiger partial charge in [0.1, 0.15) is 4.90 Å². The highest BCUT2D eigenvalue weighted by Crippen LogP contribution is 2.30. The number of carbonyl (C=O) groups is 1. The Morgan fingerprint density at radius 1 is 1.00 bits per heavy atom. The normalized spacial score (nSPS) is 15.3. The molecule has 2 aromatic rings. The van der Waals surface area contributed by atoms with Gasteiger partial charge in [-0.3, -0.25) is 4.79 Å².